The van der Waals surface area contributed by atoms with E-state index in [-0.39, 0.29) is 50.2 Å². The second kappa shape index (κ2) is 17.6. The van der Waals surface area contributed by atoms with Gasteiger partial charge in [-0.2, -0.15) is 0 Å². The number of hydrogen-bond donors (Lipinski definition) is 3. The highest BCUT2D eigenvalue weighted by molar-refractivity contribution is 7.89. The molecule has 0 spiro atoms. The van der Waals surface area contributed by atoms with Crippen molar-refractivity contribution in [3.63, 3.8) is 0 Å². The lowest BCUT2D eigenvalue weighted by Crippen LogP contribution is -2.58. The third-order valence-corrected chi connectivity index (χ3v) is 12.5. The first-order valence-corrected chi connectivity index (χ1v) is 21.7. The molecule has 0 unspecified atom stereocenters. The molecule has 6 rings (SSSR count). The Morgan fingerprint density at radius 1 is 0.966 bits per heavy atom. The van der Waals surface area contributed by atoms with Gasteiger partial charge in [0.05, 0.1) is 33.1 Å². The van der Waals surface area contributed by atoms with Gasteiger partial charge >= 0.3 is 12.2 Å². The summed E-state index contributed by atoms with van der Waals surface area (Å²) in [7, 11) is -1.55. The molecule has 0 aromatic heterocycles. The van der Waals surface area contributed by atoms with Gasteiger partial charge in [-0.1, -0.05) is 56.4 Å². The molecule has 3 heterocycles. The molecular formula is C41H54FN5O11S. The molecule has 322 valence electrons. The molecule has 2 aromatic carbocycles. The van der Waals surface area contributed by atoms with Crippen LogP contribution in [-0.4, -0.2) is 98.2 Å². The van der Waals surface area contributed by atoms with Crippen LogP contribution in [0.2, 0.25) is 0 Å². The van der Waals surface area contributed by atoms with Gasteiger partial charge in [0.2, 0.25) is 21.8 Å². The lowest BCUT2D eigenvalue weighted by Gasteiger charge is -2.30. The van der Waals surface area contributed by atoms with Gasteiger partial charge in [0.1, 0.15) is 35.1 Å². The second-order valence-corrected chi connectivity index (χ2v) is 18.5. The number of benzene rings is 2. The number of amides is 5. The second-order valence-electron chi connectivity index (χ2n) is 16.7. The standard InChI is InChI=1S/C41H54FN5O11S/c1-40(2,3)58-38(51)43-31-17-10-8-6-7-9-15-27-20-41(27,37(50)45-59(53,54)24-26-14-12-18-33(55-4)34(26)56-5)44-35(48)32-19-28(22-47(32)36(31)49)57-39(52)46-21-25-13-11-16-30(42)29(25)23-46/h11-14,16,18,27-28,31-32H,6-10,15,17,19-24H2,1-5H3,(H,43,51)(H,44,48)(H,45,50)/t27-,28-,31+,32+,41-/m1/s1. The molecule has 5 amide bonds. The van der Waals surface area contributed by atoms with Gasteiger partial charge in [-0.05, 0) is 63.6 Å². The number of halogens is 1. The summed E-state index contributed by atoms with van der Waals surface area (Å²) < 4.78 is 65.8. The lowest BCUT2D eigenvalue weighted by molar-refractivity contribution is -0.141. The van der Waals surface area contributed by atoms with E-state index in [4.69, 9.17) is 18.9 Å². The fraction of sp³-hybridized carbons (Fsp3) is 0.585. The largest absolute Gasteiger partial charge is 0.493 e. The fourth-order valence-electron chi connectivity index (χ4n) is 8.29. The van der Waals surface area contributed by atoms with Crippen LogP contribution in [0.25, 0.3) is 0 Å². The molecule has 5 atom stereocenters. The Balaban J connectivity index is 1.25. The third kappa shape index (κ3) is 10.2. The van der Waals surface area contributed by atoms with Gasteiger partial charge in [0.15, 0.2) is 11.5 Å². The number of nitrogens with one attached hydrogen (secondary N) is 3. The highest BCUT2D eigenvalue weighted by atomic mass is 32.2. The minimum absolute atomic E-state index is 0.0193. The molecule has 1 saturated carbocycles. The van der Waals surface area contributed by atoms with Crippen molar-refractivity contribution in [2.24, 2.45) is 5.92 Å². The molecule has 59 heavy (non-hydrogen) atoms. The number of fused-ring (bicyclic) bond motifs is 3. The summed E-state index contributed by atoms with van der Waals surface area (Å²) >= 11 is 0. The summed E-state index contributed by atoms with van der Waals surface area (Å²) in [5.74, 6) is -3.22. The van der Waals surface area contributed by atoms with E-state index in [1.54, 1.807) is 45.0 Å². The first kappa shape index (κ1) is 43.4. The van der Waals surface area contributed by atoms with Crippen LogP contribution in [0.15, 0.2) is 36.4 Å². The summed E-state index contributed by atoms with van der Waals surface area (Å²) in [5, 5.41) is 5.51. The van der Waals surface area contributed by atoms with E-state index < -0.39 is 86.7 Å². The van der Waals surface area contributed by atoms with Crippen molar-refractivity contribution in [2.45, 2.75) is 127 Å². The van der Waals surface area contributed by atoms with Crippen molar-refractivity contribution in [1.29, 1.82) is 0 Å². The van der Waals surface area contributed by atoms with Gasteiger partial charge in [-0.15, -0.1) is 0 Å². The SMILES string of the molecule is COc1cccc(CS(=O)(=O)NC(=O)[C@@]23C[C@H]2CCCCCCC[C@H](NC(=O)OC(C)(C)C)C(=O)N2C[C@H](OC(=O)N4Cc5cccc(F)c5C4)C[C@H]2C(=O)N3)c1OC. The van der Waals surface area contributed by atoms with Gasteiger partial charge in [0.25, 0.3) is 5.91 Å². The Morgan fingerprint density at radius 3 is 2.37 bits per heavy atom. The molecule has 3 fully saturated rings. The van der Waals surface area contributed by atoms with Gasteiger partial charge < -0.3 is 34.5 Å². The molecule has 0 radical (unpaired) electrons. The van der Waals surface area contributed by atoms with E-state index in [0.717, 1.165) is 19.3 Å². The number of ether oxygens (including phenoxy) is 4. The Bertz CT molecular complexity index is 2060. The zero-order valence-corrected chi connectivity index (χ0v) is 35.0. The number of para-hydroxylation sites is 1. The van der Waals surface area contributed by atoms with Crippen LogP contribution in [0.3, 0.4) is 0 Å². The molecule has 18 heteroatoms. The molecule has 3 aliphatic heterocycles. The van der Waals surface area contributed by atoms with Crippen LogP contribution < -0.4 is 24.8 Å². The zero-order chi connectivity index (χ0) is 42.7. The number of hydrogen-bond acceptors (Lipinski definition) is 11. The van der Waals surface area contributed by atoms with Gasteiger partial charge in [-0.25, -0.2) is 22.4 Å². The molecular weight excluding hydrogens is 790 g/mol. The normalized spacial score (nSPS) is 24.9. The van der Waals surface area contributed by atoms with Crippen molar-refractivity contribution in [3.8, 4) is 11.5 Å². The summed E-state index contributed by atoms with van der Waals surface area (Å²) in [6.07, 6.45) is 1.83. The third-order valence-electron chi connectivity index (χ3n) is 11.3. The summed E-state index contributed by atoms with van der Waals surface area (Å²) in [5.41, 5.74) is -1.20. The van der Waals surface area contributed by atoms with Gasteiger partial charge in [0, 0.05) is 24.1 Å². The topological polar surface area (TPSA) is 199 Å². The molecule has 1 aliphatic carbocycles. The Kier molecular flexibility index (Phi) is 13.0. The van der Waals surface area contributed by atoms with E-state index in [1.807, 2.05) is 0 Å². The predicted molar refractivity (Wildman–Crippen MR) is 211 cm³/mol. The highest BCUT2D eigenvalue weighted by Crippen LogP contribution is 2.48. The van der Waals surface area contributed by atoms with Crippen LogP contribution in [0.4, 0.5) is 14.0 Å². The maximum Gasteiger partial charge on any atom is 0.410 e. The number of sulfonamides is 1. The van der Waals surface area contributed by atoms with Crippen molar-refractivity contribution in [2.75, 3.05) is 20.8 Å². The minimum atomic E-state index is -4.34. The predicted octanol–water partition coefficient (Wildman–Crippen LogP) is 4.42. The molecule has 4 aliphatic rings. The summed E-state index contributed by atoms with van der Waals surface area (Å²) in [6.45, 7) is 4.94. The van der Waals surface area contributed by atoms with Crippen LogP contribution in [0, 0.1) is 11.7 Å². The number of nitrogens with zero attached hydrogens (tertiary/aromatic N) is 2. The van der Waals surface area contributed by atoms with Crippen molar-refractivity contribution >= 4 is 39.9 Å². The first-order valence-electron chi connectivity index (χ1n) is 20.0. The van der Waals surface area contributed by atoms with E-state index in [2.05, 4.69) is 15.4 Å². The maximum absolute atomic E-state index is 14.5. The first-order chi connectivity index (χ1) is 27.9. The van der Waals surface area contributed by atoms with Crippen molar-refractivity contribution in [3.05, 3.63) is 58.9 Å². The van der Waals surface area contributed by atoms with Crippen LogP contribution in [-0.2, 0) is 52.7 Å². The Labute approximate surface area is 343 Å². The van der Waals surface area contributed by atoms with E-state index in [1.165, 1.54) is 36.2 Å². The number of alkyl carbamates (subject to hydrolysis) is 1. The number of methoxy groups -OCH3 is 2. The van der Waals surface area contributed by atoms with Crippen LogP contribution >= 0.6 is 0 Å². The van der Waals surface area contributed by atoms with Crippen molar-refractivity contribution < 1.29 is 55.7 Å². The fourth-order valence-corrected chi connectivity index (χ4v) is 9.46. The van der Waals surface area contributed by atoms with Crippen LogP contribution in [0.5, 0.6) is 11.5 Å². The smallest absolute Gasteiger partial charge is 0.410 e. The highest BCUT2D eigenvalue weighted by Gasteiger charge is 2.62. The Hall–Kier alpha value is -5.13. The van der Waals surface area contributed by atoms with E-state index in [0.29, 0.717) is 36.1 Å². The van der Waals surface area contributed by atoms with E-state index >= 15 is 0 Å². The summed E-state index contributed by atoms with van der Waals surface area (Å²) in [6, 6.07) is 6.96. The van der Waals surface area contributed by atoms with Crippen molar-refractivity contribution in [1.82, 2.24) is 25.2 Å². The molecule has 2 saturated heterocycles. The quantitative estimate of drug-likeness (QED) is 0.340. The lowest BCUT2D eigenvalue weighted by atomic mass is 10.0. The Morgan fingerprint density at radius 2 is 1.68 bits per heavy atom. The molecule has 3 N–H and O–H groups in total. The molecule has 16 nitrogen and oxygen atoms in total. The minimum Gasteiger partial charge on any atom is -0.493 e. The van der Waals surface area contributed by atoms with E-state index in [9.17, 15) is 36.8 Å². The number of carbonyl (C=O) groups excluding carboxylic acids is 5. The molecule has 0 bridgehead atoms. The monoisotopic (exact) mass is 843 g/mol. The number of carbonyl (C=O) groups is 5. The number of rotatable bonds is 8. The average Bonchev–Trinajstić information content (AvgIpc) is 3.45. The summed E-state index contributed by atoms with van der Waals surface area (Å²) in [4.78, 5) is 72.0. The molecule has 2 aromatic rings. The maximum atomic E-state index is 14.5. The van der Waals surface area contributed by atoms with Gasteiger partial charge in [-0.3, -0.25) is 24.0 Å². The average molecular weight is 844 g/mol. The van der Waals surface area contributed by atoms with Crippen LogP contribution in [0.1, 0.15) is 95.2 Å². The zero-order valence-electron chi connectivity index (χ0n) is 34.1.